The molecule has 7 aliphatic rings. The minimum atomic E-state index is -2.93. The summed E-state index contributed by atoms with van der Waals surface area (Å²) in [6, 6.07) is 56.1. The molecule has 740 valence electrons. The van der Waals surface area contributed by atoms with E-state index in [0.29, 0.717) is 30.8 Å². The summed E-state index contributed by atoms with van der Waals surface area (Å²) in [6.45, 7) is 25.5. The minimum absolute atomic E-state index is 0.103. The van der Waals surface area contributed by atoms with Crippen molar-refractivity contribution in [3.05, 3.63) is 278 Å². The Labute approximate surface area is 842 Å². The summed E-state index contributed by atoms with van der Waals surface area (Å²) < 4.78 is 34.3. The monoisotopic (exact) mass is 2020 g/mol. The van der Waals surface area contributed by atoms with E-state index in [-0.39, 0.29) is 5.92 Å². The van der Waals surface area contributed by atoms with Crippen LogP contribution in [0.5, 0.6) is 0 Å². The molecule has 0 atom stereocenters. The number of anilines is 11. The number of halogens is 3. The van der Waals surface area contributed by atoms with Crippen molar-refractivity contribution in [2.75, 3.05) is 185 Å². The Morgan fingerprint density at radius 1 is 0.369 bits per heavy atom. The van der Waals surface area contributed by atoms with Crippen molar-refractivity contribution < 1.29 is 13.6 Å². The maximum atomic E-state index is 12.5. The minimum Gasteiger partial charge on any atom is -0.399 e. The van der Waals surface area contributed by atoms with Gasteiger partial charge in [-0.1, -0.05) is 113 Å². The Kier molecular flexibility index (Phi) is 32.5. The molecule has 0 saturated carbocycles. The highest BCUT2D eigenvalue weighted by Gasteiger charge is 2.37. The summed E-state index contributed by atoms with van der Waals surface area (Å²) in [7, 11) is 24.9. The number of hydrogen-bond donors (Lipinski definition) is 5. The number of aryl methyl sites for hydroxylation is 9. The van der Waals surface area contributed by atoms with Crippen molar-refractivity contribution in [3.8, 4) is 0 Å². The number of hydrogen-bond acceptors (Lipinski definition) is 22. The molecule has 0 spiro atoms. The van der Waals surface area contributed by atoms with Gasteiger partial charge in [0.15, 0.2) is 0 Å². The van der Waals surface area contributed by atoms with Crippen LogP contribution in [-0.4, -0.2) is 248 Å². The van der Waals surface area contributed by atoms with Gasteiger partial charge in [0.2, 0.25) is 0 Å². The fourth-order valence-corrected chi connectivity index (χ4v) is 20.3. The van der Waals surface area contributed by atoms with Gasteiger partial charge in [-0.05, 0) is 211 Å². The van der Waals surface area contributed by atoms with Crippen LogP contribution in [0.1, 0.15) is 143 Å². The van der Waals surface area contributed by atoms with E-state index in [2.05, 4.69) is 307 Å². The first-order valence-electron chi connectivity index (χ1n) is 49.5. The number of carbonyl (C=O) groups is 1. The number of nitrogens with two attached hydrogens (primary N) is 3. The number of alkyl halides is 2. The number of likely N-dealkylation sites (tertiary alicyclic amines) is 6. The van der Waals surface area contributed by atoms with Crippen molar-refractivity contribution in [2.24, 2.45) is 28.2 Å². The highest BCUT2D eigenvalue weighted by Crippen LogP contribution is 2.40. The first-order valence-corrected chi connectivity index (χ1v) is 50.5. The number of pyridine rings is 4. The Morgan fingerprint density at radius 3 is 1.02 bits per heavy atom. The van der Waals surface area contributed by atoms with Crippen molar-refractivity contribution in [3.63, 3.8) is 0 Å². The quantitative estimate of drug-likeness (QED) is 0.0330. The van der Waals surface area contributed by atoms with Gasteiger partial charge in [0.1, 0.15) is 45.3 Å². The molecule has 0 unspecified atom stereocenters. The topological polar surface area (TPSA) is 271 Å². The van der Waals surface area contributed by atoms with Crippen LogP contribution in [0.15, 0.2) is 208 Å². The van der Waals surface area contributed by atoms with Crippen LogP contribution >= 0.6 is 22.6 Å². The largest absolute Gasteiger partial charge is 0.399 e. The van der Waals surface area contributed by atoms with Gasteiger partial charge in [-0.15, -0.1) is 0 Å². The number of nitrogens with one attached hydrogen (secondary N) is 2. The molecular formula is C111H139F2IN26O. The molecule has 8 N–H and O–H groups in total. The molecule has 7 aliphatic heterocycles. The van der Waals surface area contributed by atoms with Crippen LogP contribution in [0.3, 0.4) is 0 Å². The number of carbonyl (C=O) groups excluding carboxylic acids is 1. The van der Waals surface area contributed by atoms with E-state index >= 15 is 0 Å². The van der Waals surface area contributed by atoms with Crippen LogP contribution in [0.2, 0.25) is 0 Å². The molecule has 8 aromatic heterocycles. The summed E-state index contributed by atoms with van der Waals surface area (Å²) in [6.07, 6.45) is 16.5. The molecular weight excluding hydrogens is 1880 g/mol. The van der Waals surface area contributed by atoms with Crippen molar-refractivity contribution >= 4 is 136 Å². The van der Waals surface area contributed by atoms with Gasteiger partial charge in [0, 0.05) is 250 Å². The van der Waals surface area contributed by atoms with Gasteiger partial charge in [-0.25, -0.2) is 39.9 Å². The number of fused-ring (bicyclic) bond motifs is 4. The molecule has 30 heteroatoms. The van der Waals surface area contributed by atoms with E-state index < -0.39 is 12.3 Å². The van der Waals surface area contributed by atoms with E-state index in [1.165, 1.54) is 115 Å². The first kappa shape index (κ1) is 101. The van der Waals surface area contributed by atoms with E-state index in [9.17, 15) is 13.6 Å². The van der Waals surface area contributed by atoms with E-state index in [1.807, 2.05) is 138 Å². The number of amides is 1. The van der Waals surface area contributed by atoms with Crippen LogP contribution in [0.4, 0.5) is 71.9 Å². The van der Waals surface area contributed by atoms with Crippen molar-refractivity contribution in [2.45, 2.75) is 115 Å². The number of aromatic nitrogens is 12. The molecule has 0 radical (unpaired) electrons. The number of nitrogen functional groups attached to an aromatic ring is 3. The molecule has 7 aromatic carbocycles. The predicted octanol–water partition coefficient (Wildman–Crippen LogP) is 18.2. The maximum Gasteiger partial charge on any atom is 0.315 e. The fourth-order valence-electron chi connectivity index (χ4n) is 19.7. The van der Waals surface area contributed by atoms with Crippen molar-refractivity contribution in [1.29, 1.82) is 0 Å². The molecule has 1 amide bonds. The zero-order valence-corrected chi connectivity index (χ0v) is 87.0. The van der Waals surface area contributed by atoms with Gasteiger partial charge >= 0.3 is 6.43 Å². The lowest BCUT2D eigenvalue weighted by molar-refractivity contribution is -0.147. The summed E-state index contributed by atoms with van der Waals surface area (Å²) in [5.74, 6) is 6.80. The normalized spacial score (nSPS) is 16.0. The third kappa shape index (κ3) is 23.6. The van der Waals surface area contributed by atoms with E-state index in [4.69, 9.17) is 17.2 Å². The Hall–Kier alpha value is -12.6. The number of imidazole rings is 4. The number of likely N-dealkylation sites (N-methyl/N-ethyl adjacent to an activating group) is 5. The van der Waals surface area contributed by atoms with Gasteiger partial charge in [0.25, 0.3) is 5.91 Å². The van der Waals surface area contributed by atoms with Crippen LogP contribution in [0.25, 0.3) is 44.1 Å². The molecule has 22 rings (SSSR count). The molecule has 7 fully saturated rings. The highest BCUT2D eigenvalue weighted by molar-refractivity contribution is 14.1. The van der Waals surface area contributed by atoms with Gasteiger partial charge in [-0.2, -0.15) is 8.78 Å². The third-order valence-electron chi connectivity index (χ3n) is 29.0. The van der Waals surface area contributed by atoms with E-state index in [1.54, 1.807) is 12.5 Å². The van der Waals surface area contributed by atoms with Gasteiger partial charge in [-0.3, -0.25) is 4.79 Å². The summed E-state index contributed by atoms with van der Waals surface area (Å²) in [5.41, 5.74) is 48.7. The van der Waals surface area contributed by atoms with Crippen LogP contribution in [-0.2, 0) is 65.1 Å². The smallest absolute Gasteiger partial charge is 0.315 e. The summed E-state index contributed by atoms with van der Waals surface area (Å²) in [5, 5.41) is 6.83. The average Bonchev–Trinajstić information content (AvgIpc) is 1.66. The number of benzene rings is 7. The Bertz CT molecular complexity index is 6810. The summed E-state index contributed by atoms with van der Waals surface area (Å²) in [4.78, 5) is 66.3. The van der Waals surface area contributed by atoms with Crippen LogP contribution in [0, 0.1) is 3.57 Å². The molecule has 15 heterocycles. The molecule has 141 heavy (non-hydrogen) atoms. The zero-order valence-electron chi connectivity index (χ0n) is 84.8. The molecule has 27 nitrogen and oxygen atoms in total. The molecule has 0 bridgehead atoms. The first-order chi connectivity index (χ1) is 67.9. The fraction of sp³-hybridized carbons (Fsp3) is 0.396. The third-order valence-corrected chi connectivity index (χ3v) is 30.0. The summed E-state index contributed by atoms with van der Waals surface area (Å²) >= 11 is 2.29. The maximum absolute atomic E-state index is 12.5. The lowest BCUT2D eigenvalue weighted by atomic mass is 9.89. The average molecular weight is 2020 g/mol. The standard InChI is InChI=1S/C21H23F2N5O.C20H25N5.2C19H23N5.C12H18N2.C10H13IN2.C10H14N2/c1-4-13-7-14(15-10-28(11-15)21(29)20(22)23)5-6-17(13)27(3)19-8-18-16(9-24-19)25-12-26(18)2;1-5-14-8-15(16-11-23(2)12-16)6-7-18(14)25(4)20-9-19-17(10-21-20)22-13-24(19)3;1-4-13-7-14(15-10-23(2)11-15)5-6-16(13)22-19-8-18-17(9-20-19)21-12-24(18)3;1-4-13-7-14(15-9-20-10-15)5-6-17(13)24(3)19-8-18-16(11-21-19)22-12-23(18)2;1-3-9-6-10(4-5-12(9)13)11-7-14(2)8-11;1-13-5-8(6-13)7-2-3-10(12)9(11)4-7;1-12-6-9(7-12)8-2-4-10(11)5-3-8/h5-9,12,15,20H,4,10-11H2,1-3H3;6-10,13,16H,5,11-12H2,1-4H3;5-9,12,15H,4,10-11H2,1-3H3,(H,20,22);5-8,11-12,15,20H,4,9-10H2,1-3H3;4-6,11H,3,7-8,13H2,1-2H3;2-4,8H,5-6,12H2,1H3;2-5,9H,6-7,11H2,1H3. The lowest BCUT2D eigenvalue weighted by Crippen LogP contribution is -2.50. The van der Waals surface area contributed by atoms with Gasteiger partial charge in [0.05, 0.1) is 72.2 Å². The molecule has 0 aliphatic carbocycles. The number of nitrogens with zero attached hydrogens (tertiary/aromatic N) is 21. The Balaban J connectivity index is 0.000000121. The second-order valence-corrected chi connectivity index (χ2v) is 40.5. The molecule has 7 saturated heterocycles. The Morgan fingerprint density at radius 2 is 0.674 bits per heavy atom. The number of rotatable bonds is 21. The van der Waals surface area contributed by atoms with E-state index in [0.717, 1.165) is 196 Å². The predicted molar refractivity (Wildman–Crippen MR) is 582 cm³/mol. The van der Waals surface area contributed by atoms with Crippen molar-refractivity contribution in [1.82, 2.24) is 92.9 Å². The highest BCUT2D eigenvalue weighted by atomic mass is 127. The second kappa shape index (κ2) is 45.1. The molecule has 15 aromatic rings. The zero-order chi connectivity index (χ0) is 99.7. The lowest BCUT2D eigenvalue weighted by Gasteiger charge is -2.39. The van der Waals surface area contributed by atoms with Crippen LogP contribution < -0.4 is 42.5 Å². The van der Waals surface area contributed by atoms with Gasteiger partial charge < -0.3 is 90.2 Å². The SMILES string of the molecule is CCc1cc(C2CN(C(=O)C(F)F)C2)ccc1N(C)c1cc2c(cn1)ncn2C.CCc1cc(C2CN(C)C2)ccc1N.CCc1cc(C2CN(C)C2)ccc1N(C)c1cc2c(cn1)ncn2C.CCc1cc(C2CN(C)C2)ccc1Nc1cc2c(cn1)ncn2C.CCc1cc(C2CNC2)ccc1N(C)c1cc2c(cn1)ncn2C.CN1CC(c2ccc(N)c(I)c2)C1.CN1CC(c2ccc(N)cc2)C1. The second-order valence-electron chi connectivity index (χ2n) is 39.3.